The van der Waals surface area contributed by atoms with Gasteiger partial charge in [-0.25, -0.2) is 0 Å². The third-order valence-electron chi connectivity index (χ3n) is 2.07. The highest BCUT2D eigenvalue weighted by atomic mass is 16.5. The smallest absolute Gasteiger partial charge is 0.320 e. The number of aromatic nitrogens is 1. The van der Waals surface area contributed by atoms with Crippen molar-refractivity contribution in [3.8, 4) is 5.75 Å². The first-order valence-corrected chi connectivity index (χ1v) is 4.60. The zero-order chi connectivity index (χ0) is 11.3. The topological polar surface area (TPSA) is 85.4 Å². The first-order valence-electron chi connectivity index (χ1n) is 4.60. The number of hydrogen-bond donors (Lipinski definition) is 2. The molecule has 0 spiro atoms. The molecular weight excluding hydrogens is 196 g/mol. The standard InChI is InChI=1S/C10H14N2O3/c1-15-8-4-7(5-12-6-8)2-3-9(11)10(13)14/h4-6,9H,2-3,11H2,1H3,(H,13,14). The van der Waals surface area contributed by atoms with E-state index in [2.05, 4.69) is 4.98 Å². The number of nitrogens with zero attached hydrogens (tertiary/aromatic N) is 1. The second-order valence-corrected chi connectivity index (χ2v) is 3.22. The molecule has 1 aromatic heterocycles. The molecule has 0 bridgehead atoms. The number of aliphatic carboxylic acids is 1. The van der Waals surface area contributed by atoms with Crippen LogP contribution >= 0.6 is 0 Å². The minimum atomic E-state index is -0.981. The third kappa shape index (κ3) is 3.55. The molecule has 0 aliphatic rings. The summed E-state index contributed by atoms with van der Waals surface area (Å²) in [6.07, 6.45) is 4.25. The maximum atomic E-state index is 10.5. The van der Waals surface area contributed by atoms with Crippen molar-refractivity contribution in [2.75, 3.05) is 7.11 Å². The SMILES string of the molecule is COc1cncc(CCC(N)C(=O)O)c1. The molecule has 0 aliphatic carbocycles. The Morgan fingerprint density at radius 3 is 3.00 bits per heavy atom. The maximum absolute atomic E-state index is 10.5. The molecule has 0 saturated heterocycles. The van der Waals surface area contributed by atoms with Crippen LogP contribution in [0.15, 0.2) is 18.5 Å². The Bertz CT molecular complexity index is 341. The second kappa shape index (κ2) is 5.31. The van der Waals surface area contributed by atoms with Crippen LogP contribution in [-0.4, -0.2) is 29.2 Å². The summed E-state index contributed by atoms with van der Waals surface area (Å²) in [5.41, 5.74) is 6.31. The summed E-state index contributed by atoms with van der Waals surface area (Å²) < 4.78 is 5.00. The maximum Gasteiger partial charge on any atom is 0.320 e. The van der Waals surface area contributed by atoms with Gasteiger partial charge >= 0.3 is 5.97 Å². The molecule has 5 nitrogen and oxygen atoms in total. The van der Waals surface area contributed by atoms with E-state index in [0.29, 0.717) is 18.6 Å². The largest absolute Gasteiger partial charge is 0.495 e. The molecule has 0 amide bonds. The van der Waals surface area contributed by atoms with Gasteiger partial charge in [-0.3, -0.25) is 9.78 Å². The number of pyridine rings is 1. The van der Waals surface area contributed by atoms with Crippen LogP contribution in [-0.2, 0) is 11.2 Å². The summed E-state index contributed by atoms with van der Waals surface area (Å²) in [5, 5.41) is 8.60. The van der Waals surface area contributed by atoms with Gasteiger partial charge in [-0.05, 0) is 24.5 Å². The zero-order valence-corrected chi connectivity index (χ0v) is 8.51. The number of rotatable bonds is 5. The minimum Gasteiger partial charge on any atom is -0.495 e. The lowest BCUT2D eigenvalue weighted by molar-refractivity contribution is -0.138. The van der Waals surface area contributed by atoms with Crippen LogP contribution in [0.5, 0.6) is 5.75 Å². The lowest BCUT2D eigenvalue weighted by atomic mass is 10.1. The summed E-state index contributed by atoms with van der Waals surface area (Å²) in [6.45, 7) is 0. The first-order chi connectivity index (χ1) is 7.13. The molecule has 1 rings (SSSR count). The quantitative estimate of drug-likeness (QED) is 0.736. The number of methoxy groups -OCH3 is 1. The van der Waals surface area contributed by atoms with Gasteiger partial charge in [0, 0.05) is 6.20 Å². The van der Waals surface area contributed by atoms with Gasteiger partial charge in [0.1, 0.15) is 11.8 Å². The van der Waals surface area contributed by atoms with E-state index in [4.69, 9.17) is 15.6 Å². The average molecular weight is 210 g/mol. The number of carboxylic acids is 1. The Morgan fingerprint density at radius 1 is 1.67 bits per heavy atom. The molecule has 15 heavy (non-hydrogen) atoms. The van der Waals surface area contributed by atoms with Gasteiger partial charge in [-0.1, -0.05) is 0 Å². The highest BCUT2D eigenvalue weighted by molar-refractivity contribution is 5.73. The van der Waals surface area contributed by atoms with Crippen LogP contribution < -0.4 is 10.5 Å². The molecule has 1 aromatic rings. The van der Waals surface area contributed by atoms with Crippen LogP contribution in [0.4, 0.5) is 0 Å². The summed E-state index contributed by atoms with van der Waals surface area (Å²) in [5.74, 6) is -0.317. The first kappa shape index (κ1) is 11.5. The van der Waals surface area contributed by atoms with Crippen molar-refractivity contribution in [3.05, 3.63) is 24.0 Å². The van der Waals surface area contributed by atoms with E-state index in [0.717, 1.165) is 5.56 Å². The number of aryl methyl sites for hydroxylation is 1. The van der Waals surface area contributed by atoms with Gasteiger partial charge in [-0.2, -0.15) is 0 Å². The van der Waals surface area contributed by atoms with Crippen LogP contribution in [0.1, 0.15) is 12.0 Å². The Balaban J connectivity index is 2.53. The molecule has 1 atom stereocenters. The number of carbonyl (C=O) groups is 1. The molecule has 82 valence electrons. The molecule has 3 N–H and O–H groups in total. The molecule has 0 fully saturated rings. The van der Waals surface area contributed by atoms with Crippen LogP contribution in [0, 0.1) is 0 Å². The highest BCUT2D eigenvalue weighted by Gasteiger charge is 2.11. The average Bonchev–Trinajstić information content (AvgIpc) is 2.26. The van der Waals surface area contributed by atoms with E-state index >= 15 is 0 Å². The number of hydrogen-bond acceptors (Lipinski definition) is 4. The van der Waals surface area contributed by atoms with E-state index < -0.39 is 12.0 Å². The number of ether oxygens (including phenoxy) is 1. The summed E-state index contributed by atoms with van der Waals surface area (Å²) >= 11 is 0. The van der Waals surface area contributed by atoms with Gasteiger partial charge < -0.3 is 15.6 Å². The molecule has 0 aromatic carbocycles. The van der Waals surface area contributed by atoms with E-state index in [1.165, 1.54) is 0 Å². The highest BCUT2D eigenvalue weighted by Crippen LogP contribution is 2.12. The Hall–Kier alpha value is -1.62. The lowest BCUT2D eigenvalue weighted by Crippen LogP contribution is -2.30. The van der Waals surface area contributed by atoms with Gasteiger partial charge in [0.05, 0.1) is 13.3 Å². The zero-order valence-electron chi connectivity index (χ0n) is 8.51. The van der Waals surface area contributed by atoms with Crippen molar-refractivity contribution in [1.82, 2.24) is 4.98 Å². The van der Waals surface area contributed by atoms with Crippen LogP contribution in [0.2, 0.25) is 0 Å². The van der Waals surface area contributed by atoms with Crippen LogP contribution in [0.3, 0.4) is 0 Å². The fourth-order valence-electron chi connectivity index (χ4n) is 1.16. The van der Waals surface area contributed by atoms with Gasteiger partial charge in [0.25, 0.3) is 0 Å². The Morgan fingerprint density at radius 2 is 2.40 bits per heavy atom. The Kier molecular flexibility index (Phi) is 4.05. The molecule has 0 radical (unpaired) electrons. The second-order valence-electron chi connectivity index (χ2n) is 3.22. The predicted molar refractivity (Wildman–Crippen MR) is 54.7 cm³/mol. The summed E-state index contributed by atoms with van der Waals surface area (Å²) in [4.78, 5) is 14.4. The van der Waals surface area contributed by atoms with E-state index in [1.54, 1.807) is 19.5 Å². The van der Waals surface area contributed by atoms with Crippen molar-refractivity contribution in [1.29, 1.82) is 0 Å². The van der Waals surface area contributed by atoms with E-state index in [-0.39, 0.29) is 0 Å². The van der Waals surface area contributed by atoms with Crippen molar-refractivity contribution in [2.24, 2.45) is 5.73 Å². The van der Waals surface area contributed by atoms with Gasteiger partial charge in [0.15, 0.2) is 0 Å². The van der Waals surface area contributed by atoms with Crippen molar-refractivity contribution >= 4 is 5.97 Å². The molecular formula is C10H14N2O3. The fourth-order valence-corrected chi connectivity index (χ4v) is 1.16. The third-order valence-corrected chi connectivity index (χ3v) is 2.07. The van der Waals surface area contributed by atoms with Crippen molar-refractivity contribution in [2.45, 2.75) is 18.9 Å². The minimum absolute atomic E-state index is 0.393. The predicted octanol–water partition coefficient (Wildman–Crippen LogP) is 0.435. The fraction of sp³-hybridized carbons (Fsp3) is 0.400. The van der Waals surface area contributed by atoms with Gasteiger partial charge in [-0.15, -0.1) is 0 Å². The van der Waals surface area contributed by atoms with Crippen molar-refractivity contribution in [3.63, 3.8) is 0 Å². The number of carboxylic acid groups (broad SMARTS) is 1. The van der Waals surface area contributed by atoms with E-state index in [9.17, 15) is 4.79 Å². The summed E-state index contributed by atoms with van der Waals surface area (Å²) in [7, 11) is 1.56. The molecule has 1 heterocycles. The van der Waals surface area contributed by atoms with E-state index in [1.807, 2.05) is 6.07 Å². The molecule has 5 heteroatoms. The Labute approximate surface area is 87.9 Å². The van der Waals surface area contributed by atoms with Crippen LogP contribution in [0.25, 0.3) is 0 Å². The normalized spacial score (nSPS) is 12.1. The molecule has 0 saturated carbocycles. The summed E-state index contributed by atoms with van der Waals surface area (Å²) in [6, 6.07) is 0.998. The molecule has 1 unspecified atom stereocenters. The lowest BCUT2D eigenvalue weighted by Gasteiger charge is -2.06. The monoisotopic (exact) mass is 210 g/mol. The van der Waals surface area contributed by atoms with Crippen molar-refractivity contribution < 1.29 is 14.6 Å². The number of nitrogens with two attached hydrogens (primary N) is 1. The molecule has 0 aliphatic heterocycles. The van der Waals surface area contributed by atoms with Gasteiger partial charge in [0.2, 0.25) is 0 Å².